The van der Waals surface area contributed by atoms with Crippen LogP contribution in [0.1, 0.15) is 22.7 Å². The molecule has 5 nitrogen and oxygen atoms in total. The molecule has 2 heterocycles. The van der Waals surface area contributed by atoms with Crippen LogP contribution in [0.2, 0.25) is 5.02 Å². The number of nitrogens with zero attached hydrogens (tertiary/aromatic N) is 2. The van der Waals surface area contributed by atoms with E-state index < -0.39 is 0 Å². The second-order valence-electron chi connectivity index (χ2n) is 7.75. The van der Waals surface area contributed by atoms with Crippen molar-refractivity contribution in [2.24, 2.45) is 0 Å². The molecule has 1 N–H and O–H groups in total. The SMILES string of the molecule is Fc1ccc(C(CNCc2cc(Cl)ccc2OCc2cccnc2)N2CCOCC2)cc1. The average Bonchev–Trinajstić information content (AvgIpc) is 2.83. The summed E-state index contributed by atoms with van der Waals surface area (Å²) in [6.07, 6.45) is 3.54. The van der Waals surface area contributed by atoms with Crippen molar-refractivity contribution in [2.75, 3.05) is 32.8 Å². The zero-order chi connectivity index (χ0) is 22.2. The fourth-order valence-corrected chi connectivity index (χ4v) is 4.04. The quantitative estimate of drug-likeness (QED) is 0.510. The Morgan fingerprint density at radius 1 is 1.12 bits per heavy atom. The number of halogens is 2. The van der Waals surface area contributed by atoms with Gasteiger partial charge in [0, 0.05) is 60.8 Å². The molecule has 0 amide bonds. The van der Waals surface area contributed by atoms with Gasteiger partial charge in [0.15, 0.2) is 0 Å². The molecule has 0 spiro atoms. The smallest absolute Gasteiger partial charge is 0.124 e. The number of hydrogen-bond acceptors (Lipinski definition) is 5. The van der Waals surface area contributed by atoms with Crippen molar-refractivity contribution < 1.29 is 13.9 Å². The van der Waals surface area contributed by atoms with Gasteiger partial charge >= 0.3 is 0 Å². The molecule has 1 unspecified atom stereocenters. The first-order chi connectivity index (χ1) is 15.7. The molecule has 1 atom stereocenters. The summed E-state index contributed by atoms with van der Waals surface area (Å²) in [5.74, 6) is 0.562. The number of ether oxygens (including phenoxy) is 2. The van der Waals surface area contributed by atoms with Gasteiger partial charge < -0.3 is 14.8 Å². The van der Waals surface area contributed by atoms with E-state index in [1.54, 1.807) is 12.4 Å². The number of rotatable bonds is 9. The fourth-order valence-electron chi connectivity index (χ4n) is 3.85. The first-order valence-electron chi connectivity index (χ1n) is 10.8. The number of morpholine rings is 1. The van der Waals surface area contributed by atoms with Gasteiger partial charge in [-0.3, -0.25) is 9.88 Å². The Morgan fingerprint density at radius 3 is 2.69 bits per heavy atom. The molecule has 1 aromatic heterocycles. The highest BCUT2D eigenvalue weighted by atomic mass is 35.5. The number of benzene rings is 2. The standard InChI is InChI=1S/C25H27ClFN3O2/c26-22-5-8-25(32-18-19-2-1-9-28-15-19)21(14-22)16-29-17-24(30-10-12-31-13-11-30)20-3-6-23(27)7-4-20/h1-9,14-15,24,29H,10-13,16-18H2. The summed E-state index contributed by atoms with van der Waals surface area (Å²) in [7, 11) is 0. The van der Waals surface area contributed by atoms with Gasteiger partial charge in [-0.15, -0.1) is 0 Å². The summed E-state index contributed by atoms with van der Waals surface area (Å²) < 4.78 is 25.0. The van der Waals surface area contributed by atoms with Crippen molar-refractivity contribution in [3.05, 3.63) is 94.5 Å². The van der Waals surface area contributed by atoms with Crippen LogP contribution in [0.4, 0.5) is 4.39 Å². The Labute approximate surface area is 193 Å². The molecule has 1 aliphatic heterocycles. The highest BCUT2D eigenvalue weighted by Crippen LogP contribution is 2.25. The van der Waals surface area contributed by atoms with Crippen LogP contribution in [0.5, 0.6) is 5.75 Å². The van der Waals surface area contributed by atoms with Crippen molar-refractivity contribution >= 4 is 11.6 Å². The van der Waals surface area contributed by atoms with Crippen LogP contribution in [0.15, 0.2) is 67.0 Å². The topological polar surface area (TPSA) is 46.6 Å². The van der Waals surface area contributed by atoms with Gasteiger partial charge in [0.25, 0.3) is 0 Å². The third kappa shape index (κ3) is 6.26. The second kappa shape index (κ2) is 11.4. The van der Waals surface area contributed by atoms with Crippen molar-refractivity contribution in [3.8, 4) is 5.75 Å². The molecule has 0 bridgehead atoms. The molecule has 1 fully saturated rings. The molecule has 3 aromatic rings. The van der Waals surface area contributed by atoms with Crippen LogP contribution >= 0.6 is 11.6 Å². The minimum absolute atomic E-state index is 0.124. The van der Waals surface area contributed by atoms with E-state index in [0.29, 0.717) is 37.9 Å². The molecule has 0 aliphatic carbocycles. The largest absolute Gasteiger partial charge is 0.489 e. The van der Waals surface area contributed by atoms with E-state index >= 15 is 0 Å². The summed E-state index contributed by atoms with van der Waals surface area (Å²) in [5, 5.41) is 4.22. The van der Waals surface area contributed by atoms with Crippen LogP contribution in [0, 0.1) is 5.82 Å². The molecule has 7 heteroatoms. The monoisotopic (exact) mass is 455 g/mol. The highest BCUT2D eigenvalue weighted by Gasteiger charge is 2.22. The molecule has 168 valence electrons. The van der Waals surface area contributed by atoms with Crippen molar-refractivity contribution in [3.63, 3.8) is 0 Å². The predicted molar refractivity (Wildman–Crippen MR) is 123 cm³/mol. The Hall–Kier alpha value is -2.51. The lowest BCUT2D eigenvalue weighted by Crippen LogP contribution is -2.42. The number of aromatic nitrogens is 1. The van der Waals surface area contributed by atoms with Gasteiger partial charge in [-0.2, -0.15) is 0 Å². The van der Waals surface area contributed by atoms with Gasteiger partial charge in [-0.25, -0.2) is 4.39 Å². The Balaban J connectivity index is 1.42. The molecule has 1 saturated heterocycles. The maximum Gasteiger partial charge on any atom is 0.124 e. The van der Waals surface area contributed by atoms with Gasteiger partial charge in [-0.1, -0.05) is 29.8 Å². The van der Waals surface area contributed by atoms with Gasteiger partial charge in [0.1, 0.15) is 18.2 Å². The normalized spacial score (nSPS) is 15.4. The fraction of sp³-hybridized carbons (Fsp3) is 0.320. The predicted octanol–water partition coefficient (Wildman–Crippen LogP) is 4.62. The maximum absolute atomic E-state index is 13.5. The van der Waals surface area contributed by atoms with Crippen LogP contribution in [-0.2, 0) is 17.9 Å². The summed E-state index contributed by atoms with van der Waals surface area (Å²) >= 11 is 6.26. The zero-order valence-electron chi connectivity index (χ0n) is 17.8. The van der Waals surface area contributed by atoms with Gasteiger partial charge in [-0.05, 0) is 42.0 Å². The lowest BCUT2D eigenvalue weighted by atomic mass is 10.0. The van der Waals surface area contributed by atoms with Crippen LogP contribution in [-0.4, -0.2) is 42.7 Å². The molecule has 4 rings (SSSR count). The van der Waals surface area contributed by atoms with Gasteiger partial charge in [0.05, 0.1) is 13.2 Å². The molecular formula is C25H27ClFN3O2. The molecule has 0 saturated carbocycles. The Morgan fingerprint density at radius 2 is 1.94 bits per heavy atom. The van der Waals surface area contributed by atoms with Crippen LogP contribution in [0.3, 0.4) is 0 Å². The summed E-state index contributed by atoms with van der Waals surface area (Å²) in [6.45, 7) is 4.86. The number of hydrogen-bond donors (Lipinski definition) is 1. The summed E-state index contributed by atoms with van der Waals surface area (Å²) in [4.78, 5) is 6.51. The lowest BCUT2D eigenvalue weighted by Gasteiger charge is -2.35. The highest BCUT2D eigenvalue weighted by molar-refractivity contribution is 6.30. The second-order valence-corrected chi connectivity index (χ2v) is 8.19. The average molecular weight is 456 g/mol. The summed E-state index contributed by atoms with van der Waals surface area (Å²) in [6, 6.07) is 16.4. The van der Waals surface area contributed by atoms with E-state index in [9.17, 15) is 4.39 Å². The van der Waals surface area contributed by atoms with Crippen LogP contribution in [0.25, 0.3) is 0 Å². The van der Waals surface area contributed by atoms with Crippen molar-refractivity contribution in [2.45, 2.75) is 19.2 Å². The van der Waals surface area contributed by atoms with E-state index in [-0.39, 0.29) is 11.9 Å². The molecule has 0 radical (unpaired) electrons. The van der Waals surface area contributed by atoms with E-state index in [0.717, 1.165) is 35.5 Å². The van der Waals surface area contributed by atoms with E-state index in [2.05, 4.69) is 15.2 Å². The molecule has 2 aromatic carbocycles. The maximum atomic E-state index is 13.5. The first-order valence-corrected chi connectivity index (χ1v) is 11.1. The lowest BCUT2D eigenvalue weighted by molar-refractivity contribution is 0.0161. The molecule has 32 heavy (non-hydrogen) atoms. The third-order valence-electron chi connectivity index (χ3n) is 5.53. The van der Waals surface area contributed by atoms with Gasteiger partial charge in [0.2, 0.25) is 0 Å². The minimum Gasteiger partial charge on any atom is -0.489 e. The van der Waals surface area contributed by atoms with Crippen molar-refractivity contribution in [1.29, 1.82) is 0 Å². The third-order valence-corrected chi connectivity index (χ3v) is 5.77. The number of nitrogens with one attached hydrogen (secondary N) is 1. The molecular weight excluding hydrogens is 429 g/mol. The first kappa shape index (κ1) is 22.7. The molecule has 1 aliphatic rings. The zero-order valence-corrected chi connectivity index (χ0v) is 18.6. The van der Waals surface area contributed by atoms with Crippen molar-refractivity contribution in [1.82, 2.24) is 15.2 Å². The number of pyridine rings is 1. The Kier molecular flexibility index (Phi) is 8.07. The van der Waals surface area contributed by atoms with E-state index in [1.165, 1.54) is 12.1 Å². The minimum atomic E-state index is -0.225. The van der Waals surface area contributed by atoms with Crippen LogP contribution < -0.4 is 10.1 Å². The van der Waals surface area contributed by atoms with E-state index in [4.69, 9.17) is 21.1 Å². The summed E-state index contributed by atoms with van der Waals surface area (Å²) in [5.41, 5.74) is 3.08. The van der Waals surface area contributed by atoms with E-state index in [1.807, 2.05) is 42.5 Å². The Bertz CT molecular complexity index is 982.